The van der Waals surface area contributed by atoms with Crippen LogP contribution in [-0.2, 0) is 24.6 Å². The molecule has 1 saturated carbocycles. The van der Waals surface area contributed by atoms with E-state index in [1.807, 2.05) is 40.8 Å². The van der Waals surface area contributed by atoms with E-state index in [9.17, 15) is 19.5 Å². The number of imide groups is 2. The number of phenols is 1. The van der Waals surface area contributed by atoms with Crippen molar-refractivity contribution in [3.05, 3.63) is 119 Å². The van der Waals surface area contributed by atoms with Crippen molar-refractivity contribution in [2.75, 3.05) is 24.5 Å². The molecule has 0 radical (unpaired) electrons. The topological polar surface area (TPSA) is 125 Å². The molecule has 14 heteroatoms. The Bertz CT molecular complexity index is 2290. The second-order valence-electron chi connectivity index (χ2n) is 13.8. The number of nitrogens with zero attached hydrogens (tertiary/aromatic N) is 2. The summed E-state index contributed by atoms with van der Waals surface area (Å²) in [5.74, 6) is -4.84. The number of amides is 4. The summed E-state index contributed by atoms with van der Waals surface area (Å²) in [5.41, 5.74) is 4.15. The lowest BCUT2D eigenvalue weighted by Crippen LogP contribution is -2.53. The summed E-state index contributed by atoms with van der Waals surface area (Å²) in [7, 11) is 2.99. The summed E-state index contributed by atoms with van der Waals surface area (Å²) < 4.78 is 12.5. The highest BCUT2D eigenvalue weighted by atomic mass is 127. The van der Waals surface area contributed by atoms with Gasteiger partial charge in [0.2, 0.25) is 11.8 Å². The predicted molar refractivity (Wildman–Crippen MR) is 220 cm³/mol. The summed E-state index contributed by atoms with van der Waals surface area (Å²) in [5, 5.41) is 12.6. The summed E-state index contributed by atoms with van der Waals surface area (Å²) in [6, 6.07) is 22.5. The van der Waals surface area contributed by atoms with Crippen molar-refractivity contribution in [2.24, 2.45) is 23.7 Å². The van der Waals surface area contributed by atoms with E-state index in [-0.39, 0.29) is 41.2 Å². The molecule has 4 aromatic rings. The molecule has 2 aliphatic carbocycles. The van der Waals surface area contributed by atoms with Gasteiger partial charge in [0.1, 0.15) is 5.75 Å². The summed E-state index contributed by atoms with van der Waals surface area (Å²) >= 11 is 16.9. The van der Waals surface area contributed by atoms with Crippen LogP contribution in [0.2, 0.25) is 10.0 Å². The molecule has 2 heterocycles. The van der Waals surface area contributed by atoms with E-state index in [0.29, 0.717) is 36.8 Å². The number of fused-ring (bicyclic) bond motifs is 4. The van der Waals surface area contributed by atoms with E-state index in [1.165, 1.54) is 18.1 Å². The van der Waals surface area contributed by atoms with Crippen LogP contribution in [0.4, 0.5) is 11.4 Å². The maximum absolute atomic E-state index is 15.5. The highest BCUT2D eigenvalue weighted by Gasteiger charge is 2.70. The molecule has 0 unspecified atom stereocenters. The minimum Gasteiger partial charge on any atom is -0.504 e. The van der Waals surface area contributed by atoms with E-state index in [4.69, 9.17) is 32.7 Å². The number of ether oxygens (including phenoxy) is 2. The number of carbonyl (C=O) groups is 4. The first-order valence-electron chi connectivity index (χ1n) is 17.0. The third kappa shape index (κ3) is 5.61. The van der Waals surface area contributed by atoms with Gasteiger partial charge in [-0.3, -0.25) is 29.5 Å². The van der Waals surface area contributed by atoms with Gasteiger partial charge in [-0.15, -0.1) is 0 Å². The lowest BCUT2D eigenvalue weighted by atomic mass is 9.49. The highest BCUT2D eigenvalue weighted by molar-refractivity contribution is 14.1. The van der Waals surface area contributed by atoms with Gasteiger partial charge in [0.05, 0.1) is 57.4 Å². The van der Waals surface area contributed by atoms with Gasteiger partial charge in [0, 0.05) is 14.5 Å². The fourth-order valence-corrected chi connectivity index (χ4v) is 10.4. The molecule has 54 heavy (non-hydrogen) atoms. The first-order valence-corrected chi connectivity index (χ1v) is 20.0. The van der Waals surface area contributed by atoms with Gasteiger partial charge in [-0.05, 0) is 142 Å². The number of nitrogens with one attached hydrogen (secondary N) is 1. The normalized spacial score (nSPS) is 26.0. The summed E-state index contributed by atoms with van der Waals surface area (Å²) in [6.45, 7) is 0. The molecular weight excluding hydrogens is 959 g/mol. The first kappa shape index (κ1) is 37.1. The standard InChI is InChI=1S/C40H31Cl2I2N3O7/c1-53-24-10-3-20(4-11-24)40-28(37(50)47(39(40)52)45-31-14-5-21(41)17-29(31)42)18-27-25(34(40)19-15-30(44)35(48)32(16-19)54-2)12-13-26-33(27)38(51)46(36(26)49)23-8-6-22(43)7-9-23/h3-12,14-17,26-28,33-34,45,48H,13,18H2,1-2H3/t26-,27+,28-,33-,34-,40+/m0/s1. The quantitative estimate of drug-likeness (QED) is 0.108. The zero-order valence-corrected chi connectivity index (χ0v) is 34.5. The molecule has 8 rings (SSSR count). The molecule has 4 amide bonds. The van der Waals surface area contributed by atoms with Crippen molar-refractivity contribution >= 4 is 103 Å². The van der Waals surface area contributed by atoms with Gasteiger partial charge in [0.15, 0.2) is 11.5 Å². The second-order valence-corrected chi connectivity index (χ2v) is 17.0. The maximum atomic E-state index is 15.5. The molecule has 276 valence electrons. The Morgan fingerprint density at radius 1 is 0.852 bits per heavy atom. The number of carbonyl (C=O) groups excluding carboxylic acids is 4. The zero-order valence-electron chi connectivity index (χ0n) is 28.7. The van der Waals surface area contributed by atoms with Crippen molar-refractivity contribution in [2.45, 2.75) is 24.2 Å². The summed E-state index contributed by atoms with van der Waals surface area (Å²) in [6.07, 6.45) is 2.35. The van der Waals surface area contributed by atoms with Crippen LogP contribution in [0.5, 0.6) is 17.2 Å². The van der Waals surface area contributed by atoms with Gasteiger partial charge in [-0.2, -0.15) is 5.01 Å². The number of hydrogen-bond donors (Lipinski definition) is 2. The molecule has 0 bridgehead atoms. The van der Waals surface area contributed by atoms with E-state index in [2.05, 4.69) is 28.0 Å². The van der Waals surface area contributed by atoms with Crippen molar-refractivity contribution in [1.82, 2.24) is 5.01 Å². The Morgan fingerprint density at radius 3 is 2.24 bits per heavy atom. The number of anilines is 2. The van der Waals surface area contributed by atoms with Crippen LogP contribution in [0.1, 0.15) is 29.9 Å². The van der Waals surface area contributed by atoms with Crippen molar-refractivity contribution in [3.8, 4) is 17.2 Å². The number of phenolic OH excluding ortho intramolecular Hbond substituents is 1. The van der Waals surface area contributed by atoms with Crippen LogP contribution in [-0.4, -0.2) is 48.0 Å². The minimum absolute atomic E-state index is 0.0684. The molecule has 4 aliphatic rings. The van der Waals surface area contributed by atoms with Crippen molar-refractivity contribution in [1.29, 1.82) is 0 Å². The fourth-order valence-electron chi connectivity index (χ4n) is 8.98. The molecule has 3 fully saturated rings. The van der Waals surface area contributed by atoms with Crippen LogP contribution < -0.4 is 19.8 Å². The molecule has 6 atom stereocenters. The zero-order chi connectivity index (χ0) is 38.2. The number of rotatable bonds is 7. The smallest absolute Gasteiger partial charge is 0.260 e. The van der Waals surface area contributed by atoms with E-state index in [1.54, 1.807) is 67.8 Å². The number of hydrazine groups is 1. The highest BCUT2D eigenvalue weighted by Crippen LogP contribution is 2.64. The molecular formula is C40H31Cl2I2N3O7. The van der Waals surface area contributed by atoms with Crippen LogP contribution in [0.15, 0.2) is 90.5 Å². The fraction of sp³-hybridized carbons (Fsp3) is 0.250. The Morgan fingerprint density at radius 2 is 1.57 bits per heavy atom. The molecule has 2 N–H and O–H groups in total. The molecule has 0 spiro atoms. The number of benzene rings is 4. The Balaban J connectivity index is 1.35. The van der Waals surface area contributed by atoms with E-state index < -0.39 is 46.8 Å². The SMILES string of the molecule is COc1ccc([C@@]23C(=O)N(Nc4ccc(Cl)cc4Cl)C(=O)[C@@H]2C[C@@H]2C(=CC[C@@H]4C(=O)N(c5ccc(I)cc5)C(=O)[C@@H]42)[C@@H]3c2cc(I)c(O)c(OC)c2)cc1. The molecule has 0 aromatic heterocycles. The third-order valence-corrected chi connectivity index (χ3v) is 13.4. The van der Waals surface area contributed by atoms with E-state index in [0.717, 1.165) is 14.2 Å². The number of aromatic hydroxyl groups is 1. The Hall–Kier alpha value is -3.86. The average Bonchev–Trinajstić information content (AvgIpc) is 3.54. The number of hydrogen-bond acceptors (Lipinski definition) is 8. The molecule has 2 saturated heterocycles. The van der Waals surface area contributed by atoms with Crippen LogP contribution in [0.3, 0.4) is 0 Å². The van der Waals surface area contributed by atoms with Crippen LogP contribution in [0.25, 0.3) is 0 Å². The number of halogens is 4. The number of methoxy groups -OCH3 is 2. The van der Waals surface area contributed by atoms with E-state index >= 15 is 4.79 Å². The van der Waals surface area contributed by atoms with Gasteiger partial charge in [0.25, 0.3) is 11.8 Å². The van der Waals surface area contributed by atoms with Gasteiger partial charge in [-0.25, -0.2) is 0 Å². The second kappa shape index (κ2) is 14.0. The van der Waals surface area contributed by atoms with Crippen LogP contribution in [0, 0.1) is 30.8 Å². The molecule has 2 aliphatic heterocycles. The first-order chi connectivity index (χ1) is 25.9. The summed E-state index contributed by atoms with van der Waals surface area (Å²) in [4.78, 5) is 60.4. The largest absolute Gasteiger partial charge is 0.504 e. The molecule has 10 nitrogen and oxygen atoms in total. The maximum Gasteiger partial charge on any atom is 0.260 e. The average molecular weight is 990 g/mol. The van der Waals surface area contributed by atoms with Crippen molar-refractivity contribution in [3.63, 3.8) is 0 Å². The Kier molecular flexibility index (Phi) is 9.62. The monoisotopic (exact) mass is 989 g/mol. The third-order valence-electron chi connectivity index (χ3n) is 11.3. The minimum atomic E-state index is -1.56. The predicted octanol–water partition coefficient (Wildman–Crippen LogP) is 8.11. The van der Waals surface area contributed by atoms with Crippen LogP contribution >= 0.6 is 68.4 Å². The number of allylic oxidation sites excluding steroid dienone is 2. The van der Waals surface area contributed by atoms with Gasteiger partial charge < -0.3 is 14.6 Å². The van der Waals surface area contributed by atoms with Gasteiger partial charge >= 0.3 is 0 Å². The Labute approximate surface area is 348 Å². The molecule has 4 aromatic carbocycles. The van der Waals surface area contributed by atoms with Gasteiger partial charge in [-0.1, -0.05) is 47.0 Å². The van der Waals surface area contributed by atoms with Crippen molar-refractivity contribution < 1.29 is 33.8 Å². The lowest BCUT2D eigenvalue weighted by Gasteiger charge is -2.50. The lowest BCUT2D eigenvalue weighted by molar-refractivity contribution is -0.138.